The molecule has 6 heteroatoms. The Labute approximate surface area is 174 Å². The van der Waals surface area contributed by atoms with Crippen LogP contribution in [0, 0.1) is 6.92 Å². The molecule has 5 rings (SSSR count). The molecule has 150 valence electrons. The van der Waals surface area contributed by atoms with Gasteiger partial charge in [-0.15, -0.1) is 0 Å². The number of amides is 1. The lowest BCUT2D eigenvalue weighted by atomic mass is 10.2. The fourth-order valence-corrected chi connectivity index (χ4v) is 3.91. The first kappa shape index (κ1) is 18.4. The van der Waals surface area contributed by atoms with Crippen molar-refractivity contribution in [1.29, 1.82) is 0 Å². The fourth-order valence-electron chi connectivity index (χ4n) is 3.91. The number of hydrogen-bond donors (Lipinski definition) is 0. The number of likely N-dealkylation sites (tertiary alicyclic amines) is 1. The summed E-state index contributed by atoms with van der Waals surface area (Å²) in [7, 11) is 0. The van der Waals surface area contributed by atoms with E-state index in [0.717, 1.165) is 28.7 Å². The Kier molecular flexibility index (Phi) is 4.67. The number of nitrogens with zero attached hydrogens (tertiary/aromatic N) is 4. The third kappa shape index (κ3) is 3.41. The minimum absolute atomic E-state index is 0.00717. The molecule has 2 aromatic heterocycles. The largest absolute Gasteiger partial charge is 0.472 e. The Hall–Kier alpha value is -3.67. The van der Waals surface area contributed by atoms with Gasteiger partial charge in [0.15, 0.2) is 0 Å². The van der Waals surface area contributed by atoms with Gasteiger partial charge >= 0.3 is 0 Å². The molecular formula is C24H22N4O2. The lowest BCUT2D eigenvalue weighted by molar-refractivity contribution is 0.0770. The molecule has 3 heterocycles. The van der Waals surface area contributed by atoms with Gasteiger partial charge in [0.1, 0.15) is 6.10 Å². The predicted octanol–water partition coefficient (Wildman–Crippen LogP) is 4.02. The summed E-state index contributed by atoms with van der Waals surface area (Å²) in [6.45, 7) is 3.13. The van der Waals surface area contributed by atoms with Crippen LogP contribution in [0.25, 0.3) is 16.6 Å². The Morgan fingerprint density at radius 2 is 1.83 bits per heavy atom. The quantitative estimate of drug-likeness (QED) is 0.521. The summed E-state index contributed by atoms with van der Waals surface area (Å²) >= 11 is 0. The van der Waals surface area contributed by atoms with E-state index in [9.17, 15) is 4.79 Å². The normalized spacial score (nSPS) is 16.2. The van der Waals surface area contributed by atoms with Crippen LogP contribution in [0.1, 0.15) is 22.5 Å². The minimum atomic E-state index is -0.0629. The first-order valence-electron chi connectivity index (χ1n) is 10.1. The Morgan fingerprint density at radius 3 is 2.70 bits per heavy atom. The number of benzene rings is 2. The average Bonchev–Trinajstić information content (AvgIpc) is 3.40. The molecule has 30 heavy (non-hydrogen) atoms. The maximum absolute atomic E-state index is 13.1. The van der Waals surface area contributed by atoms with Crippen LogP contribution in [0.5, 0.6) is 5.88 Å². The van der Waals surface area contributed by atoms with Crippen molar-refractivity contribution in [3.05, 3.63) is 84.2 Å². The van der Waals surface area contributed by atoms with E-state index in [2.05, 4.69) is 10.1 Å². The molecule has 4 aromatic rings. The summed E-state index contributed by atoms with van der Waals surface area (Å²) in [5.41, 5.74) is 3.32. The van der Waals surface area contributed by atoms with Gasteiger partial charge < -0.3 is 9.64 Å². The highest BCUT2D eigenvalue weighted by molar-refractivity contribution is 5.95. The van der Waals surface area contributed by atoms with Crippen LogP contribution in [0.2, 0.25) is 0 Å². The van der Waals surface area contributed by atoms with Gasteiger partial charge in [0.25, 0.3) is 5.91 Å². The molecule has 2 aromatic carbocycles. The zero-order valence-electron chi connectivity index (χ0n) is 16.7. The zero-order valence-corrected chi connectivity index (χ0v) is 16.7. The van der Waals surface area contributed by atoms with Crippen molar-refractivity contribution in [3.8, 4) is 11.6 Å². The number of pyridine rings is 1. The van der Waals surface area contributed by atoms with E-state index < -0.39 is 0 Å². The molecule has 0 aliphatic carbocycles. The molecule has 0 bridgehead atoms. The van der Waals surface area contributed by atoms with Gasteiger partial charge in [-0.3, -0.25) is 4.79 Å². The highest BCUT2D eigenvalue weighted by Gasteiger charge is 2.30. The van der Waals surface area contributed by atoms with Crippen LogP contribution < -0.4 is 4.74 Å². The molecule has 0 radical (unpaired) electrons. The number of carbonyl (C=O) groups excluding carboxylic acids is 1. The Bertz CT molecular complexity index is 1200. The molecule has 1 saturated heterocycles. The number of para-hydroxylation sites is 2. The summed E-state index contributed by atoms with van der Waals surface area (Å²) in [4.78, 5) is 19.5. The number of ether oxygens (including phenoxy) is 1. The molecule has 0 spiro atoms. The third-order valence-electron chi connectivity index (χ3n) is 5.53. The highest BCUT2D eigenvalue weighted by Crippen LogP contribution is 2.22. The van der Waals surface area contributed by atoms with Gasteiger partial charge in [-0.25, -0.2) is 9.67 Å². The molecule has 1 unspecified atom stereocenters. The SMILES string of the molecule is Cc1c(C(=O)N2CCC(Oc3ccc4ccccc4n3)C2)cnn1-c1ccccc1. The monoisotopic (exact) mass is 398 g/mol. The van der Waals surface area contributed by atoms with Crippen LogP contribution >= 0.6 is 0 Å². The van der Waals surface area contributed by atoms with E-state index >= 15 is 0 Å². The van der Waals surface area contributed by atoms with E-state index in [1.165, 1.54) is 0 Å². The van der Waals surface area contributed by atoms with Crippen LogP contribution in [0.15, 0.2) is 72.9 Å². The van der Waals surface area contributed by atoms with E-state index in [4.69, 9.17) is 4.74 Å². The first-order chi connectivity index (χ1) is 14.7. The second-order valence-corrected chi connectivity index (χ2v) is 7.51. The first-order valence-corrected chi connectivity index (χ1v) is 10.1. The molecule has 1 aliphatic rings. The third-order valence-corrected chi connectivity index (χ3v) is 5.53. The second-order valence-electron chi connectivity index (χ2n) is 7.51. The number of carbonyl (C=O) groups is 1. The standard InChI is InChI=1S/C24H22N4O2/c1-17-21(15-25-28(17)19-8-3-2-4-9-19)24(29)27-14-13-20(16-27)30-23-12-11-18-7-5-6-10-22(18)26-23/h2-12,15,20H,13-14,16H2,1H3. The van der Waals surface area contributed by atoms with Crippen molar-refractivity contribution in [1.82, 2.24) is 19.7 Å². The van der Waals surface area contributed by atoms with Crippen LogP contribution in [0.4, 0.5) is 0 Å². The van der Waals surface area contributed by atoms with Crippen LogP contribution in [-0.2, 0) is 0 Å². The van der Waals surface area contributed by atoms with Crippen molar-refractivity contribution >= 4 is 16.8 Å². The minimum Gasteiger partial charge on any atom is -0.472 e. The van der Waals surface area contributed by atoms with E-state index in [1.54, 1.807) is 10.9 Å². The fraction of sp³-hybridized carbons (Fsp3) is 0.208. The Balaban J connectivity index is 1.28. The summed E-state index contributed by atoms with van der Waals surface area (Å²) in [6, 6.07) is 21.7. The van der Waals surface area contributed by atoms with E-state index in [0.29, 0.717) is 24.5 Å². The van der Waals surface area contributed by atoms with Crippen molar-refractivity contribution in [3.63, 3.8) is 0 Å². The molecule has 1 fully saturated rings. The van der Waals surface area contributed by atoms with Crippen molar-refractivity contribution in [2.75, 3.05) is 13.1 Å². The van der Waals surface area contributed by atoms with Gasteiger partial charge in [-0.2, -0.15) is 5.10 Å². The average molecular weight is 398 g/mol. The zero-order chi connectivity index (χ0) is 20.5. The van der Waals surface area contributed by atoms with Crippen LogP contribution in [0.3, 0.4) is 0 Å². The number of hydrogen-bond acceptors (Lipinski definition) is 4. The predicted molar refractivity (Wildman–Crippen MR) is 115 cm³/mol. The topological polar surface area (TPSA) is 60.3 Å². The van der Waals surface area contributed by atoms with E-state index in [1.807, 2.05) is 78.6 Å². The molecule has 1 aliphatic heterocycles. The summed E-state index contributed by atoms with van der Waals surface area (Å²) in [5, 5.41) is 5.50. The molecule has 1 atom stereocenters. The maximum Gasteiger partial charge on any atom is 0.257 e. The van der Waals surface area contributed by atoms with Crippen molar-refractivity contribution < 1.29 is 9.53 Å². The van der Waals surface area contributed by atoms with Crippen LogP contribution in [-0.4, -0.2) is 44.8 Å². The molecule has 0 N–H and O–H groups in total. The van der Waals surface area contributed by atoms with Gasteiger partial charge in [0.2, 0.25) is 5.88 Å². The summed E-state index contributed by atoms with van der Waals surface area (Å²) in [5.74, 6) is 0.591. The number of rotatable bonds is 4. The second kappa shape index (κ2) is 7.63. The number of aromatic nitrogens is 3. The van der Waals surface area contributed by atoms with Gasteiger partial charge in [0, 0.05) is 24.4 Å². The smallest absolute Gasteiger partial charge is 0.257 e. The summed E-state index contributed by atoms with van der Waals surface area (Å²) < 4.78 is 7.88. The van der Waals surface area contributed by atoms with E-state index in [-0.39, 0.29) is 12.0 Å². The van der Waals surface area contributed by atoms with Gasteiger partial charge in [0.05, 0.1) is 35.2 Å². The molecule has 1 amide bonds. The van der Waals surface area contributed by atoms with Crippen molar-refractivity contribution in [2.24, 2.45) is 0 Å². The lowest BCUT2D eigenvalue weighted by Gasteiger charge is -2.17. The van der Waals surface area contributed by atoms with Gasteiger partial charge in [-0.1, -0.05) is 36.4 Å². The molecule has 0 saturated carbocycles. The number of fused-ring (bicyclic) bond motifs is 1. The molecule has 6 nitrogen and oxygen atoms in total. The Morgan fingerprint density at radius 1 is 1.03 bits per heavy atom. The summed E-state index contributed by atoms with van der Waals surface area (Å²) in [6.07, 6.45) is 2.38. The maximum atomic E-state index is 13.1. The van der Waals surface area contributed by atoms with Gasteiger partial charge in [-0.05, 0) is 31.2 Å². The lowest BCUT2D eigenvalue weighted by Crippen LogP contribution is -2.31. The van der Waals surface area contributed by atoms with Crippen molar-refractivity contribution in [2.45, 2.75) is 19.4 Å². The molecular weight excluding hydrogens is 376 g/mol. The highest BCUT2D eigenvalue weighted by atomic mass is 16.5.